The Labute approximate surface area is 189 Å². The number of benzene rings is 1. The summed E-state index contributed by atoms with van der Waals surface area (Å²) >= 11 is 0. The molecule has 1 saturated carbocycles. The number of aliphatic imine (C=N–C) groups is 1. The van der Waals surface area contributed by atoms with Crippen molar-refractivity contribution >= 4 is 35.8 Å². The number of hydrogen-bond acceptors (Lipinski definition) is 3. The van der Waals surface area contributed by atoms with Crippen LogP contribution >= 0.6 is 24.0 Å². The van der Waals surface area contributed by atoms with Crippen molar-refractivity contribution in [1.82, 2.24) is 16.0 Å². The zero-order valence-corrected chi connectivity index (χ0v) is 19.6. The van der Waals surface area contributed by atoms with Crippen LogP contribution in [0.1, 0.15) is 57.6 Å². The molecule has 0 bridgehead atoms. The van der Waals surface area contributed by atoms with Crippen LogP contribution in [0.3, 0.4) is 0 Å². The van der Waals surface area contributed by atoms with E-state index in [9.17, 15) is 9.18 Å². The van der Waals surface area contributed by atoms with Crippen LogP contribution < -0.4 is 16.0 Å². The molecule has 1 amide bonds. The number of nitrogens with one attached hydrogen (secondary N) is 3. The van der Waals surface area contributed by atoms with Gasteiger partial charge in [-0.3, -0.25) is 4.79 Å². The van der Waals surface area contributed by atoms with E-state index in [1.54, 1.807) is 0 Å². The molecule has 0 saturated heterocycles. The third kappa shape index (κ3) is 8.17. The molecule has 1 aromatic carbocycles. The van der Waals surface area contributed by atoms with Crippen LogP contribution in [0.2, 0.25) is 0 Å². The van der Waals surface area contributed by atoms with E-state index >= 15 is 0 Å². The highest BCUT2D eigenvalue weighted by atomic mass is 127. The largest absolute Gasteiger partial charge is 0.357 e. The van der Waals surface area contributed by atoms with E-state index in [1.165, 1.54) is 18.2 Å². The first-order valence-electron chi connectivity index (χ1n) is 9.96. The maximum absolute atomic E-state index is 14.0. The van der Waals surface area contributed by atoms with Crippen molar-refractivity contribution in [3.05, 3.63) is 35.1 Å². The predicted octanol–water partition coefficient (Wildman–Crippen LogP) is 3.45. The van der Waals surface area contributed by atoms with E-state index in [4.69, 9.17) is 5.26 Å². The van der Waals surface area contributed by atoms with Gasteiger partial charge in [0.15, 0.2) is 5.96 Å². The summed E-state index contributed by atoms with van der Waals surface area (Å²) < 4.78 is 14.0. The second-order valence-corrected chi connectivity index (χ2v) is 7.48. The highest BCUT2D eigenvalue weighted by molar-refractivity contribution is 14.0. The van der Waals surface area contributed by atoms with Crippen molar-refractivity contribution in [3.63, 3.8) is 0 Å². The van der Waals surface area contributed by atoms with E-state index in [1.807, 2.05) is 26.8 Å². The minimum atomic E-state index is -0.373. The van der Waals surface area contributed by atoms with Crippen LogP contribution in [0.4, 0.5) is 4.39 Å². The number of guanidine groups is 1. The van der Waals surface area contributed by atoms with Gasteiger partial charge in [0.25, 0.3) is 0 Å². The zero-order valence-electron chi connectivity index (χ0n) is 17.3. The quantitative estimate of drug-likeness (QED) is 0.308. The summed E-state index contributed by atoms with van der Waals surface area (Å²) in [6.45, 7) is 6.71. The number of hydrogen-bond donors (Lipinski definition) is 3. The molecule has 1 aliphatic rings. The molecule has 2 unspecified atom stereocenters. The van der Waals surface area contributed by atoms with Gasteiger partial charge in [-0.2, -0.15) is 5.26 Å². The minimum Gasteiger partial charge on any atom is -0.357 e. The van der Waals surface area contributed by atoms with Gasteiger partial charge in [0.1, 0.15) is 5.82 Å². The van der Waals surface area contributed by atoms with Crippen molar-refractivity contribution < 1.29 is 9.18 Å². The van der Waals surface area contributed by atoms with Gasteiger partial charge < -0.3 is 16.0 Å². The van der Waals surface area contributed by atoms with Gasteiger partial charge in [0, 0.05) is 30.1 Å². The summed E-state index contributed by atoms with van der Waals surface area (Å²) in [5.74, 6) is 0.334. The lowest BCUT2D eigenvalue weighted by atomic mass is 9.85. The van der Waals surface area contributed by atoms with Crippen LogP contribution in [-0.4, -0.2) is 30.5 Å². The van der Waals surface area contributed by atoms with Gasteiger partial charge in [-0.1, -0.05) is 6.42 Å². The Balaban J connectivity index is 0.00000420. The number of rotatable bonds is 6. The fourth-order valence-electron chi connectivity index (χ4n) is 3.40. The normalized spacial score (nSPS) is 19.1. The first kappa shape index (κ1) is 25.1. The Kier molecular flexibility index (Phi) is 10.9. The predicted molar refractivity (Wildman–Crippen MR) is 124 cm³/mol. The van der Waals surface area contributed by atoms with Crippen molar-refractivity contribution in [3.8, 4) is 6.07 Å². The minimum absolute atomic E-state index is 0. The Hall–Kier alpha value is -1.89. The third-order valence-corrected chi connectivity index (χ3v) is 4.74. The average Bonchev–Trinajstić information content (AvgIpc) is 2.67. The molecule has 6 nitrogen and oxygen atoms in total. The summed E-state index contributed by atoms with van der Waals surface area (Å²) in [6.07, 6.45) is 3.60. The molecule has 2 atom stereocenters. The van der Waals surface area contributed by atoms with Gasteiger partial charge in [0.2, 0.25) is 5.91 Å². The first-order valence-corrected chi connectivity index (χ1v) is 9.96. The van der Waals surface area contributed by atoms with Gasteiger partial charge >= 0.3 is 0 Å². The SMILES string of the molecule is CCNC(=NCc1cc(C#N)ccc1F)NC1CCCC(C(=O)NC(C)C)C1.I. The molecule has 0 aromatic heterocycles. The Morgan fingerprint density at radius 2 is 2.14 bits per heavy atom. The first-order chi connectivity index (χ1) is 13.4. The second kappa shape index (κ2) is 12.6. The van der Waals surface area contributed by atoms with Gasteiger partial charge in [-0.15, -0.1) is 24.0 Å². The molecule has 2 rings (SSSR count). The van der Waals surface area contributed by atoms with E-state index < -0.39 is 0 Å². The number of carbonyl (C=O) groups is 1. The summed E-state index contributed by atoms with van der Waals surface area (Å²) in [5.41, 5.74) is 0.796. The smallest absolute Gasteiger partial charge is 0.223 e. The number of amides is 1. The Morgan fingerprint density at radius 1 is 1.38 bits per heavy atom. The van der Waals surface area contributed by atoms with Gasteiger partial charge in [-0.25, -0.2) is 9.38 Å². The second-order valence-electron chi connectivity index (χ2n) is 7.48. The van der Waals surface area contributed by atoms with Crippen LogP contribution in [0.25, 0.3) is 0 Å². The number of nitrogens with zero attached hydrogens (tertiary/aromatic N) is 2. The molecular weight excluding hydrogens is 484 g/mol. The molecule has 0 aliphatic heterocycles. The topological polar surface area (TPSA) is 89.3 Å². The molecular formula is C21H31FIN5O. The van der Waals surface area contributed by atoms with Crippen LogP contribution in [0.15, 0.2) is 23.2 Å². The van der Waals surface area contributed by atoms with Crippen molar-refractivity contribution in [2.75, 3.05) is 6.54 Å². The molecule has 3 N–H and O–H groups in total. The number of carbonyl (C=O) groups excluding carboxylic acids is 1. The highest BCUT2D eigenvalue weighted by Crippen LogP contribution is 2.24. The fourth-order valence-corrected chi connectivity index (χ4v) is 3.40. The molecule has 1 aromatic rings. The lowest BCUT2D eigenvalue weighted by Gasteiger charge is -2.30. The standard InChI is InChI=1S/C21H30FN5O.HI/c1-4-24-21(25-13-17-10-15(12-23)8-9-19(17)22)27-18-7-5-6-16(11-18)20(28)26-14(2)3;/h8-10,14,16,18H,4-7,11,13H2,1-3H3,(H,26,28)(H2,24,25,27);1H. The van der Waals surface area contributed by atoms with Crippen LogP contribution in [-0.2, 0) is 11.3 Å². The Morgan fingerprint density at radius 3 is 2.79 bits per heavy atom. The molecule has 0 heterocycles. The summed E-state index contributed by atoms with van der Waals surface area (Å²) in [7, 11) is 0. The van der Waals surface area contributed by atoms with Crippen LogP contribution in [0.5, 0.6) is 0 Å². The molecule has 8 heteroatoms. The van der Waals surface area contributed by atoms with Gasteiger partial charge in [0.05, 0.1) is 18.2 Å². The van der Waals surface area contributed by atoms with E-state index in [2.05, 4.69) is 20.9 Å². The highest BCUT2D eigenvalue weighted by Gasteiger charge is 2.28. The third-order valence-electron chi connectivity index (χ3n) is 4.74. The van der Waals surface area contributed by atoms with E-state index in [0.29, 0.717) is 23.6 Å². The van der Waals surface area contributed by atoms with Crippen molar-refractivity contribution in [1.29, 1.82) is 5.26 Å². The molecule has 1 fully saturated rings. The maximum atomic E-state index is 14.0. The van der Waals surface area contributed by atoms with E-state index in [0.717, 1.165) is 25.7 Å². The summed E-state index contributed by atoms with van der Waals surface area (Å²) in [6, 6.07) is 6.57. The number of halogens is 2. The van der Waals surface area contributed by atoms with Crippen molar-refractivity contribution in [2.45, 2.75) is 65.1 Å². The lowest BCUT2D eigenvalue weighted by Crippen LogP contribution is -2.47. The Bertz CT molecular complexity index is 747. The lowest BCUT2D eigenvalue weighted by molar-refractivity contribution is -0.126. The van der Waals surface area contributed by atoms with E-state index in [-0.39, 0.29) is 60.2 Å². The molecule has 0 spiro atoms. The molecule has 1 aliphatic carbocycles. The van der Waals surface area contributed by atoms with Gasteiger partial charge in [-0.05, 0) is 58.2 Å². The average molecular weight is 515 g/mol. The zero-order chi connectivity index (χ0) is 20.5. The monoisotopic (exact) mass is 515 g/mol. The van der Waals surface area contributed by atoms with Crippen LogP contribution in [0, 0.1) is 23.1 Å². The fraction of sp³-hybridized carbons (Fsp3) is 0.571. The molecule has 160 valence electrons. The number of nitriles is 1. The maximum Gasteiger partial charge on any atom is 0.223 e. The molecule has 0 radical (unpaired) electrons. The summed E-state index contributed by atoms with van der Waals surface area (Å²) in [4.78, 5) is 16.8. The molecule has 29 heavy (non-hydrogen) atoms. The van der Waals surface area contributed by atoms with Crippen molar-refractivity contribution in [2.24, 2.45) is 10.9 Å². The summed E-state index contributed by atoms with van der Waals surface area (Å²) in [5, 5.41) is 18.5.